The number of aromatic nitrogens is 1. The van der Waals surface area contributed by atoms with Crippen LogP contribution >= 0.6 is 0 Å². The van der Waals surface area contributed by atoms with E-state index >= 15 is 4.39 Å². The third-order valence-electron chi connectivity index (χ3n) is 7.43. The third kappa shape index (κ3) is 3.81. The fraction of sp³-hybridized carbons (Fsp3) is 0.609. The zero-order chi connectivity index (χ0) is 24.6. The van der Waals surface area contributed by atoms with Gasteiger partial charge in [0.1, 0.15) is 11.5 Å². The molecule has 4 rings (SSSR count). The Kier molecular flexibility index (Phi) is 5.56. The number of benzene rings is 1. The van der Waals surface area contributed by atoms with E-state index in [4.69, 9.17) is 23.4 Å². The van der Waals surface area contributed by atoms with Gasteiger partial charge in [0, 0.05) is 21.8 Å². The molecule has 1 aromatic carbocycles. The van der Waals surface area contributed by atoms with Crippen LogP contribution in [0.5, 0.6) is 0 Å². The van der Waals surface area contributed by atoms with E-state index in [1.807, 2.05) is 55.4 Å². The molecule has 7 nitrogen and oxygen atoms in total. The number of aromatic amines is 1. The summed E-state index contributed by atoms with van der Waals surface area (Å²) >= 11 is 0. The summed E-state index contributed by atoms with van der Waals surface area (Å²) in [4.78, 5) is 15.6. The minimum absolute atomic E-state index is 0.202. The number of halogens is 1. The Morgan fingerprint density at radius 3 is 1.88 bits per heavy atom. The number of nitrogens with one attached hydrogen (secondary N) is 1. The fourth-order valence-corrected chi connectivity index (χ4v) is 3.98. The van der Waals surface area contributed by atoms with E-state index in [0.29, 0.717) is 16.4 Å². The van der Waals surface area contributed by atoms with E-state index in [0.717, 1.165) is 0 Å². The van der Waals surface area contributed by atoms with Gasteiger partial charge >= 0.3 is 20.2 Å². The van der Waals surface area contributed by atoms with E-state index in [1.54, 1.807) is 13.0 Å². The first kappa shape index (κ1) is 24.3. The first-order chi connectivity index (χ1) is 15.1. The van der Waals surface area contributed by atoms with Gasteiger partial charge in [-0.1, -0.05) is 0 Å². The Bertz CT molecular complexity index is 1080. The minimum Gasteiger partial charge on any atom is -0.461 e. The van der Waals surface area contributed by atoms with Crippen LogP contribution in [-0.2, 0) is 23.4 Å². The second-order valence-corrected chi connectivity index (χ2v) is 10.7. The van der Waals surface area contributed by atoms with Crippen molar-refractivity contribution in [2.45, 2.75) is 84.7 Å². The molecule has 1 N–H and O–H groups in total. The zero-order valence-corrected chi connectivity index (χ0v) is 20.8. The summed E-state index contributed by atoms with van der Waals surface area (Å²) in [7, 11) is -1.77. The molecular weight excluding hydrogens is 427 g/mol. The third-order valence-corrected chi connectivity index (χ3v) is 7.43. The van der Waals surface area contributed by atoms with Gasteiger partial charge in [-0.2, -0.15) is 0 Å². The number of hydrogen-bond donors (Lipinski definition) is 1. The number of esters is 1. The second-order valence-electron chi connectivity index (χ2n) is 10.7. The van der Waals surface area contributed by atoms with Crippen molar-refractivity contribution in [3.63, 3.8) is 0 Å². The highest BCUT2D eigenvalue weighted by atomic mass is 19.1. The lowest BCUT2D eigenvalue weighted by Crippen LogP contribution is -2.41. The second kappa shape index (κ2) is 7.57. The summed E-state index contributed by atoms with van der Waals surface area (Å²) in [5.74, 6) is -1.06. The Morgan fingerprint density at radius 2 is 1.39 bits per heavy atom. The first-order valence-electron chi connectivity index (χ1n) is 11.3. The number of hydrogen-bond acceptors (Lipinski definition) is 6. The van der Waals surface area contributed by atoms with Crippen molar-refractivity contribution in [1.82, 2.24) is 4.98 Å². The molecule has 178 valence electrons. The predicted molar refractivity (Wildman–Crippen MR) is 126 cm³/mol. The first-order valence-corrected chi connectivity index (χ1v) is 11.3. The van der Waals surface area contributed by atoms with Gasteiger partial charge in [-0.05, 0) is 74.4 Å². The van der Waals surface area contributed by atoms with Crippen molar-refractivity contribution >= 4 is 42.0 Å². The van der Waals surface area contributed by atoms with Gasteiger partial charge in [-0.15, -0.1) is 0 Å². The van der Waals surface area contributed by atoms with Crippen LogP contribution in [0.15, 0.2) is 12.1 Å². The molecular formula is C23H32B2FNO6. The highest BCUT2D eigenvalue weighted by Gasteiger charge is 2.55. The molecule has 3 heterocycles. The van der Waals surface area contributed by atoms with Crippen molar-refractivity contribution in [1.29, 1.82) is 0 Å². The molecule has 0 bridgehead atoms. The zero-order valence-electron chi connectivity index (χ0n) is 20.8. The summed E-state index contributed by atoms with van der Waals surface area (Å²) in [5.41, 5.74) is -1.13. The van der Waals surface area contributed by atoms with Crippen molar-refractivity contribution in [3.8, 4) is 0 Å². The maximum Gasteiger partial charge on any atom is 0.498 e. The number of carbonyl (C=O) groups is 1. The van der Waals surface area contributed by atoms with Crippen molar-refractivity contribution < 1.29 is 32.5 Å². The van der Waals surface area contributed by atoms with Gasteiger partial charge in [0.25, 0.3) is 0 Å². The molecule has 1 aromatic heterocycles. The average Bonchev–Trinajstić information content (AvgIpc) is 3.25. The lowest BCUT2D eigenvalue weighted by Gasteiger charge is -2.32. The van der Waals surface area contributed by atoms with E-state index in [-0.39, 0.29) is 17.8 Å². The molecule has 0 spiro atoms. The number of H-pyrrole nitrogens is 1. The SMILES string of the molecule is CCOC(=O)c1cc2c(B3OC(C)(C)C(C)(C)O3)c(F)cc(B3OC(C)(C)C(C)(C)O3)c2[nH]1. The predicted octanol–water partition coefficient (Wildman–Crippen LogP) is 3.08. The highest BCUT2D eigenvalue weighted by Crippen LogP contribution is 2.39. The molecule has 0 atom stereocenters. The molecule has 0 amide bonds. The van der Waals surface area contributed by atoms with Gasteiger partial charge in [0.15, 0.2) is 0 Å². The summed E-state index contributed by atoms with van der Waals surface area (Å²) in [6.45, 7) is 17.3. The van der Waals surface area contributed by atoms with E-state index in [2.05, 4.69) is 4.98 Å². The van der Waals surface area contributed by atoms with Crippen molar-refractivity contribution in [2.24, 2.45) is 0 Å². The monoisotopic (exact) mass is 459 g/mol. The number of fused-ring (bicyclic) bond motifs is 1. The molecule has 2 aliphatic heterocycles. The Balaban J connectivity index is 1.88. The largest absolute Gasteiger partial charge is 0.498 e. The molecule has 0 radical (unpaired) electrons. The van der Waals surface area contributed by atoms with Crippen molar-refractivity contribution in [3.05, 3.63) is 23.6 Å². The Hall–Kier alpha value is -1.87. The van der Waals surface area contributed by atoms with Crippen LogP contribution in [-0.4, -0.2) is 54.2 Å². The number of rotatable bonds is 4. The summed E-state index contributed by atoms with van der Waals surface area (Å²) in [5, 5.41) is 0.460. The van der Waals surface area contributed by atoms with Gasteiger partial charge in [0.05, 0.1) is 29.0 Å². The van der Waals surface area contributed by atoms with Crippen LogP contribution in [0.25, 0.3) is 10.9 Å². The minimum atomic E-state index is -0.948. The molecule has 2 aliphatic rings. The maximum absolute atomic E-state index is 15.7. The lowest BCUT2D eigenvalue weighted by molar-refractivity contribution is 0.00578. The molecule has 33 heavy (non-hydrogen) atoms. The van der Waals surface area contributed by atoms with Crippen LogP contribution in [0.3, 0.4) is 0 Å². The maximum atomic E-state index is 15.7. The van der Waals surface area contributed by atoms with Crippen LogP contribution in [0, 0.1) is 5.82 Å². The molecule has 10 heteroatoms. The molecule has 0 unspecified atom stereocenters. The van der Waals surface area contributed by atoms with E-state index in [9.17, 15) is 4.79 Å². The van der Waals surface area contributed by atoms with Crippen LogP contribution in [0.1, 0.15) is 72.8 Å². The molecule has 2 aromatic rings. The lowest BCUT2D eigenvalue weighted by atomic mass is 9.71. The normalized spacial score (nSPS) is 22.8. The topological polar surface area (TPSA) is 79.0 Å². The van der Waals surface area contributed by atoms with Crippen LogP contribution in [0.2, 0.25) is 0 Å². The van der Waals surface area contributed by atoms with Crippen LogP contribution in [0.4, 0.5) is 4.39 Å². The van der Waals surface area contributed by atoms with Gasteiger partial charge in [0.2, 0.25) is 0 Å². The summed E-state index contributed by atoms with van der Waals surface area (Å²) in [6.07, 6.45) is 0. The molecule has 0 saturated carbocycles. The van der Waals surface area contributed by atoms with Gasteiger partial charge in [-0.3, -0.25) is 0 Å². The average molecular weight is 459 g/mol. The molecule has 2 saturated heterocycles. The Morgan fingerprint density at radius 1 is 0.909 bits per heavy atom. The smallest absolute Gasteiger partial charge is 0.461 e. The van der Waals surface area contributed by atoms with Gasteiger partial charge in [-0.25, -0.2) is 9.18 Å². The quantitative estimate of drug-likeness (QED) is 0.560. The summed E-state index contributed by atoms with van der Waals surface area (Å²) in [6, 6.07) is 2.95. The number of carbonyl (C=O) groups excluding carboxylic acids is 1. The molecule has 0 aliphatic carbocycles. The highest BCUT2D eigenvalue weighted by molar-refractivity contribution is 6.69. The standard InChI is InChI=1S/C23H32B2FNO6/c1-10-29-19(28)16-11-13-17(25-32-22(6,7)23(8,9)33-25)15(26)12-14(18(13)27-16)24-30-20(2,3)21(4,5)31-24/h11-12,27H,10H2,1-9H3. The summed E-state index contributed by atoms with van der Waals surface area (Å²) < 4.78 is 45.5. The van der Waals surface area contributed by atoms with E-state index < -0.39 is 48.4 Å². The van der Waals surface area contributed by atoms with Gasteiger partial charge < -0.3 is 28.3 Å². The fourth-order valence-electron chi connectivity index (χ4n) is 3.98. The molecule has 2 fully saturated rings. The van der Waals surface area contributed by atoms with E-state index in [1.165, 1.54) is 6.07 Å². The Labute approximate surface area is 194 Å². The van der Waals surface area contributed by atoms with Crippen molar-refractivity contribution in [2.75, 3.05) is 6.61 Å². The van der Waals surface area contributed by atoms with Crippen LogP contribution < -0.4 is 10.9 Å². The number of ether oxygens (including phenoxy) is 1.